The number of carbonyl (C=O) groups excluding carboxylic acids is 1. The lowest BCUT2D eigenvalue weighted by atomic mass is 9.95. The highest BCUT2D eigenvalue weighted by molar-refractivity contribution is 7.89. The van der Waals surface area contributed by atoms with Crippen LogP contribution in [0.5, 0.6) is 5.75 Å². The highest BCUT2D eigenvalue weighted by Crippen LogP contribution is 2.40. The van der Waals surface area contributed by atoms with Crippen molar-refractivity contribution in [3.63, 3.8) is 0 Å². The molecule has 176 valence electrons. The third kappa shape index (κ3) is 5.25. The van der Waals surface area contributed by atoms with Crippen LogP contribution in [0.1, 0.15) is 11.4 Å². The maximum Gasteiger partial charge on any atom is 0.453 e. The standard InChI is InChI=1S/C18H14F5N5O4S/c19-17(20)32-12-4-2-1-3-10(12)14-9(7-13(24)29)5-6-11(15(14)33(25,30)31)28-8-26-16(27-28)18(21,22)23/h1-6,8,17H,7H2,(H2,24,29)(H2,25,30,31). The fourth-order valence-corrected chi connectivity index (χ4v) is 4.07. The fourth-order valence-electron chi connectivity index (χ4n) is 3.09. The van der Waals surface area contributed by atoms with Crippen LogP contribution in [0.2, 0.25) is 0 Å². The average molecular weight is 491 g/mol. The summed E-state index contributed by atoms with van der Waals surface area (Å²) in [6, 6.07) is 7.21. The molecule has 4 N–H and O–H groups in total. The predicted molar refractivity (Wildman–Crippen MR) is 103 cm³/mol. The molecule has 0 aliphatic rings. The van der Waals surface area contributed by atoms with Crippen LogP contribution < -0.4 is 15.6 Å². The number of benzene rings is 2. The molecule has 2 aromatic carbocycles. The SMILES string of the molecule is NC(=O)Cc1ccc(-n2cnc(C(F)(F)F)n2)c(S(N)(=O)=O)c1-c1ccccc1OC(F)F. The Bertz CT molecular complexity index is 1310. The maximum absolute atomic E-state index is 13.0. The molecule has 15 heteroatoms. The molecule has 0 aliphatic heterocycles. The number of alkyl halides is 5. The van der Waals surface area contributed by atoms with Gasteiger partial charge in [0.15, 0.2) is 0 Å². The van der Waals surface area contributed by atoms with E-state index in [2.05, 4.69) is 14.8 Å². The molecule has 1 amide bonds. The minimum atomic E-state index is -4.93. The Morgan fingerprint density at radius 3 is 2.36 bits per heavy atom. The number of rotatable bonds is 7. The normalized spacial score (nSPS) is 12.2. The van der Waals surface area contributed by atoms with E-state index in [4.69, 9.17) is 10.9 Å². The zero-order valence-corrected chi connectivity index (χ0v) is 17.1. The van der Waals surface area contributed by atoms with Crippen molar-refractivity contribution in [3.8, 4) is 22.6 Å². The first-order valence-electron chi connectivity index (χ1n) is 8.79. The van der Waals surface area contributed by atoms with Crippen molar-refractivity contribution >= 4 is 15.9 Å². The lowest BCUT2D eigenvalue weighted by Gasteiger charge is -2.19. The summed E-state index contributed by atoms with van der Waals surface area (Å²) in [4.78, 5) is 13.9. The molecule has 1 heterocycles. The van der Waals surface area contributed by atoms with Gasteiger partial charge in [-0.05, 0) is 17.7 Å². The lowest BCUT2D eigenvalue weighted by Crippen LogP contribution is -2.20. The molecule has 1 aromatic heterocycles. The first-order valence-corrected chi connectivity index (χ1v) is 10.3. The van der Waals surface area contributed by atoms with Gasteiger partial charge in [0.1, 0.15) is 17.0 Å². The smallest absolute Gasteiger partial charge is 0.434 e. The van der Waals surface area contributed by atoms with Gasteiger partial charge in [-0.1, -0.05) is 24.3 Å². The molecule has 33 heavy (non-hydrogen) atoms. The largest absolute Gasteiger partial charge is 0.453 e. The Hall–Kier alpha value is -3.59. The van der Waals surface area contributed by atoms with Gasteiger partial charge in [0.2, 0.25) is 15.9 Å². The molecule has 0 radical (unpaired) electrons. The molecule has 0 saturated carbocycles. The summed E-state index contributed by atoms with van der Waals surface area (Å²) in [6.45, 7) is -3.29. The number of hydrogen-bond donors (Lipinski definition) is 2. The number of nitrogens with zero attached hydrogens (tertiary/aromatic N) is 3. The van der Waals surface area contributed by atoms with Crippen LogP contribution in [0.25, 0.3) is 16.8 Å². The van der Waals surface area contributed by atoms with Crippen LogP contribution in [0.3, 0.4) is 0 Å². The molecule has 9 nitrogen and oxygen atoms in total. The summed E-state index contributed by atoms with van der Waals surface area (Å²) < 4.78 is 94.9. The number of carbonyl (C=O) groups is 1. The van der Waals surface area contributed by atoms with Crippen molar-refractivity contribution in [1.29, 1.82) is 0 Å². The molecule has 0 saturated heterocycles. The number of sulfonamides is 1. The summed E-state index contributed by atoms with van der Waals surface area (Å²) in [5.74, 6) is -2.95. The van der Waals surface area contributed by atoms with Crippen LogP contribution in [0, 0.1) is 0 Å². The second-order valence-corrected chi connectivity index (χ2v) is 8.02. The fraction of sp³-hybridized carbons (Fsp3) is 0.167. The highest BCUT2D eigenvalue weighted by Gasteiger charge is 2.36. The topological polar surface area (TPSA) is 143 Å². The van der Waals surface area contributed by atoms with Gasteiger partial charge in [0.05, 0.1) is 12.1 Å². The molecule has 3 aromatic rings. The van der Waals surface area contributed by atoms with Gasteiger partial charge in [0, 0.05) is 11.1 Å². The highest BCUT2D eigenvalue weighted by atomic mass is 32.2. The van der Waals surface area contributed by atoms with Crippen LogP contribution in [0.15, 0.2) is 47.6 Å². The Morgan fingerprint density at radius 1 is 1.15 bits per heavy atom. The van der Waals surface area contributed by atoms with Crippen molar-refractivity contribution < 1.29 is 39.9 Å². The minimum Gasteiger partial charge on any atom is -0.434 e. The zero-order chi connectivity index (χ0) is 24.6. The van der Waals surface area contributed by atoms with E-state index in [1.807, 2.05) is 0 Å². The van der Waals surface area contributed by atoms with Gasteiger partial charge < -0.3 is 10.5 Å². The maximum atomic E-state index is 13.0. The zero-order valence-electron chi connectivity index (χ0n) is 16.3. The van der Waals surface area contributed by atoms with Crippen molar-refractivity contribution in [2.45, 2.75) is 24.1 Å². The average Bonchev–Trinajstić information content (AvgIpc) is 3.17. The third-order valence-electron chi connectivity index (χ3n) is 4.24. The Kier molecular flexibility index (Phi) is 6.37. The van der Waals surface area contributed by atoms with Gasteiger partial charge in [-0.2, -0.15) is 22.0 Å². The number of nitrogens with two attached hydrogens (primary N) is 2. The molecule has 0 bridgehead atoms. The van der Waals surface area contributed by atoms with E-state index in [0.717, 1.165) is 12.1 Å². The summed E-state index contributed by atoms with van der Waals surface area (Å²) in [5.41, 5.74) is 4.10. The van der Waals surface area contributed by atoms with Crippen molar-refractivity contribution in [3.05, 3.63) is 54.1 Å². The van der Waals surface area contributed by atoms with E-state index in [0.29, 0.717) is 11.0 Å². The molecule has 0 fully saturated rings. The third-order valence-corrected chi connectivity index (χ3v) is 5.22. The number of halogens is 5. The van der Waals surface area contributed by atoms with Gasteiger partial charge in [-0.15, -0.1) is 5.10 Å². The van der Waals surface area contributed by atoms with Gasteiger partial charge in [-0.3, -0.25) is 4.79 Å². The summed E-state index contributed by atoms with van der Waals surface area (Å²) >= 11 is 0. The van der Waals surface area contributed by atoms with Crippen LogP contribution in [0.4, 0.5) is 22.0 Å². The second-order valence-electron chi connectivity index (χ2n) is 6.52. The first kappa shape index (κ1) is 24.1. The molecular formula is C18H14F5N5O4S. The van der Waals surface area contributed by atoms with E-state index in [1.165, 1.54) is 24.3 Å². The molecule has 0 aliphatic carbocycles. The van der Waals surface area contributed by atoms with Gasteiger partial charge >= 0.3 is 12.8 Å². The number of primary sulfonamides is 1. The molecule has 0 atom stereocenters. The number of amides is 1. The van der Waals surface area contributed by atoms with Crippen LogP contribution in [-0.2, 0) is 27.4 Å². The summed E-state index contributed by atoms with van der Waals surface area (Å²) in [5, 5.41) is 8.60. The quantitative estimate of drug-likeness (QED) is 0.485. The number of para-hydroxylation sites is 1. The predicted octanol–water partition coefficient (Wildman–Crippen LogP) is 2.23. The monoisotopic (exact) mass is 491 g/mol. The van der Waals surface area contributed by atoms with E-state index in [-0.39, 0.29) is 16.7 Å². The van der Waals surface area contributed by atoms with E-state index < -0.39 is 57.3 Å². The van der Waals surface area contributed by atoms with Crippen molar-refractivity contribution in [2.75, 3.05) is 0 Å². The summed E-state index contributed by atoms with van der Waals surface area (Å²) in [7, 11) is -4.76. The second kappa shape index (κ2) is 8.74. The van der Waals surface area contributed by atoms with Crippen LogP contribution in [-0.4, -0.2) is 35.7 Å². The van der Waals surface area contributed by atoms with Crippen LogP contribution >= 0.6 is 0 Å². The Balaban J connectivity index is 2.41. The number of ether oxygens (including phenoxy) is 1. The lowest BCUT2D eigenvalue weighted by molar-refractivity contribution is -0.144. The van der Waals surface area contributed by atoms with E-state index >= 15 is 0 Å². The van der Waals surface area contributed by atoms with Crippen molar-refractivity contribution in [1.82, 2.24) is 14.8 Å². The Morgan fingerprint density at radius 2 is 1.82 bits per heavy atom. The van der Waals surface area contributed by atoms with Crippen molar-refractivity contribution in [2.24, 2.45) is 10.9 Å². The first-order chi connectivity index (χ1) is 15.3. The number of aromatic nitrogens is 3. The molecule has 3 rings (SSSR count). The summed E-state index contributed by atoms with van der Waals surface area (Å²) in [6.07, 6.45) is -4.88. The minimum absolute atomic E-state index is 0.0586. The molecular weight excluding hydrogens is 477 g/mol. The number of primary amides is 1. The Labute approximate surface area is 182 Å². The number of hydrogen-bond acceptors (Lipinski definition) is 6. The molecule has 0 spiro atoms. The molecule has 0 unspecified atom stereocenters. The van der Waals surface area contributed by atoms with E-state index in [9.17, 15) is 35.2 Å². The van der Waals surface area contributed by atoms with Gasteiger partial charge in [-0.25, -0.2) is 23.2 Å². The van der Waals surface area contributed by atoms with E-state index in [1.54, 1.807) is 0 Å². The van der Waals surface area contributed by atoms with Gasteiger partial charge in [0.25, 0.3) is 5.82 Å².